The Morgan fingerprint density at radius 1 is 1.21 bits per heavy atom. The lowest BCUT2D eigenvalue weighted by Crippen LogP contribution is -2.40. The van der Waals surface area contributed by atoms with Crippen LogP contribution in [0.25, 0.3) is 0 Å². The highest BCUT2D eigenvalue weighted by atomic mass is 19.1. The Morgan fingerprint density at radius 2 is 1.83 bits per heavy atom. The number of amides is 2. The number of ether oxygens (including phenoxy) is 1. The van der Waals surface area contributed by atoms with E-state index in [1.165, 1.54) is 11.0 Å². The number of likely N-dealkylation sites (N-methyl/N-ethyl adjacent to an activating group) is 1. The molecule has 0 spiro atoms. The molecule has 0 aromatic heterocycles. The van der Waals surface area contributed by atoms with E-state index in [-0.39, 0.29) is 24.9 Å². The van der Waals surface area contributed by atoms with Crippen LogP contribution < -0.4 is 10.1 Å². The predicted molar refractivity (Wildman–Crippen MR) is 89.5 cm³/mol. The number of halogens is 1. The fourth-order valence-corrected chi connectivity index (χ4v) is 2.18. The van der Waals surface area contributed by atoms with Gasteiger partial charge in [-0.25, -0.2) is 9.18 Å². The van der Waals surface area contributed by atoms with Gasteiger partial charge >= 0.3 is 6.03 Å². The van der Waals surface area contributed by atoms with Crippen LogP contribution in [-0.2, 0) is 6.54 Å². The van der Waals surface area contributed by atoms with Crippen molar-refractivity contribution in [1.82, 2.24) is 10.2 Å². The molecule has 0 aliphatic heterocycles. The average Bonchev–Trinajstić information content (AvgIpc) is 2.55. The Bertz CT molecular complexity index is 691. The summed E-state index contributed by atoms with van der Waals surface area (Å²) in [5.41, 5.74) is 0.722. The maximum absolute atomic E-state index is 13.7. The Kier molecular flexibility index (Phi) is 6.14. The molecule has 2 N–H and O–H groups in total. The third kappa shape index (κ3) is 4.96. The van der Waals surface area contributed by atoms with E-state index in [1.54, 1.807) is 50.4 Å². The molecular formula is C18H21FN2O3. The summed E-state index contributed by atoms with van der Waals surface area (Å²) in [6.07, 6.45) is -0.600. The van der Waals surface area contributed by atoms with Gasteiger partial charge in [0.2, 0.25) is 0 Å². The Morgan fingerprint density at radius 3 is 2.50 bits per heavy atom. The molecule has 0 unspecified atom stereocenters. The first-order valence-corrected chi connectivity index (χ1v) is 7.64. The van der Waals surface area contributed by atoms with Crippen LogP contribution in [0.15, 0.2) is 48.5 Å². The summed E-state index contributed by atoms with van der Waals surface area (Å²) in [5.74, 6) is 0.150. The minimum Gasteiger partial charge on any atom is -0.454 e. The molecule has 6 heteroatoms. The Labute approximate surface area is 140 Å². The monoisotopic (exact) mass is 332 g/mol. The van der Waals surface area contributed by atoms with Gasteiger partial charge < -0.3 is 20.1 Å². The van der Waals surface area contributed by atoms with Gasteiger partial charge in [-0.1, -0.05) is 30.3 Å². The van der Waals surface area contributed by atoms with E-state index in [0.29, 0.717) is 5.75 Å². The number of nitrogens with zero attached hydrogens (tertiary/aromatic N) is 1. The van der Waals surface area contributed by atoms with Crippen molar-refractivity contribution in [2.45, 2.75) is 19.6 Å². The lowest BCUT2D eigenvalue weighted by molar-refractivity contribution is 0.143. The van der Waals surface area contributed by atoms with Gasteiger partial charge in [-0.3, -0.25) is 0 Å². The van der Waals surface area contributed by atoms with Crippen LogP contribution in [-0.4, -0.2) is 35.7 Å². The normalized spacial score (nSPS) is 11.7. The molecule has 2 amide bonds. The zero-order chi connectivity index (χ0) is 17.5. The summed E-state index contributed by atoms with van der Waals surface area (Å²) in [4.78, 5) is 13.4. The zero-order valence-electron chi connectivity index (χ0n) is 13.7. The maximum atomic E-state index is 13.7. The number of hydrogen-bond donors (Lipinski definition) is 2. The minimum atomic E-state index is -0.600. The van der Waals surface area contributed by atoms with Crippen LogP contribution in [0.3, 0.4) is 0 Å². The zero-order valence-corrected chi connectivity index (χ0v) is 13.7. The first kappa shape index (κ1) is 17.7. The van der Waals surface area contributed by atoms with Crippen molar-refractivity contribution in [3.05, 3.63) is 59.9 Å². The van der Waals surface area contributed by atoms with Gasteiger partial charge in [0.15, 0.2) is 11.6 Å². The molecule has 2 rings (SSSR count). The first-order chi connectivity index (χ1) is 11.5. The number of nitrogens with one attached hydrogen (secondary N) is 1. The summed E-state index contributed by atoms with van der Waals surface area (Å²) in [7, 11) is 1.60. The standard InChI is InChI=1S/C18H21FN2O3/c1-13(22)12-21(2)18(23)20-11-14-7-3-5-9-16(14)24-17-10-6-4-8-15(17)19/h3-10,13,22H,11-12H2,1-2H3,(H,20,23)/t13-/m1/s1. The van der Waals surface area contributed by atoms with Crippen molar-refractivity contribution >= 4 is 6.03 Å². The first-order valence-electron chi connectivity index (χ1n) is 7.64. The van der Waals surface area contributed by atoms with Gasteiger partial charge in [0.05, 0.1) is 6.10 Å². The fraction of sp³-hybridized carbons (Fsp3) is 0.278. The second-order valence-electron chi connectivity index (χ2n) is 5.53. The van der Waals surface area contributed by atoms with Crippen LogP contribution >= 0.6 is 0 Å². The molecule has 128 valence electrons. The topological polar surface area (TPSA) is 61.8 Å². The fourth-order valence-electron chi connectivity index (χ4n) is 2.18. The number of aliphatic hydroxyl groups excluding tert-OH is 1. The number of urea groups is 1. The van der Waals surface area contributed by atoms with Crippen LogP contribution in [0.2, 0.25) is 0 Å². The number of carbonyl (C=O) groups is 1. The van der Waals surface area contributed by atoms with E-state index in [0.717, 1.165) is 5.56 Å². The quantitative estimate of drug-likeness (QED) is 0.854. The summed E-state index contributed by atoms with van der Waals surface area (Å²) in [6, 6.07) is 12.9. The van der Waals surface area contributed by atoms with E-state index >= 15 is 0 Å². The van der Waals surface area contributed by atoms with Gasteiger partial charge in [-0.05, 0) is 25.1 Å². The van der Waals surface area contributed by atoms with Crippen molar-refractivity contribution in [2.75, 3.05) is 13.6 Å². The number of carbonyl (C=O) groups excluding carboxylic acids is 1. The molecule has 0 aliphatic rings. The number of hydrogen-bond acceptors (Lipinski definition) is 3. The van der Waals surface area contributed by atoms with Crippen molar-refractivity contribution in [1.29, 1.82) is 0 Å². The van der Waals surface area contributed by atoms with Crippen molar-refractivity contribution in [3.8, 4) is 11.5 Å². The lowest BCUT2D eigenvalue weighted by Gasteiger charge is -2.20. The third-order valence-electron chi connectivity index (χ3n) is 3.34. The van der Waals surface area contributed by atoms with E-state index in [4.69, 9.17) is 4.74 Å². The summed E-state index contributed by atoms with van der Waals surface area (Å²) < 4.78 is 19.3. The minimum absolute atomic E-state index is 0.127. The molecule has 0 heterocycles. The average molecular weight is 332 g/mol. The van der Waals surface area contributed by atoms with Crippen LogP contribution in [0, 0.1) is 5.82 Å². The number of para-hydroxylation sites is 2. The predicted octanol–water partition coefficient (Wildman–Crippen LogP) is 3.14. The second-order valence-corrected chi connectivity index (χ2v) is 5.53. The Hall–Kier alpha value is -2.60. The molecule has 5 nitrogen and oxygen atoms in total. The third-order valence-corrected chi connectivity index (χ3v) is 3.34. The molecule has 1 atom stereocenters. The van der Waals surface area contributed by atoms with Crippen molar-refractivity contribution < 1.29 is 19.0 Å². The number of benzene rings is 2. The largest absolute Gasteiger partial charge is 0.454 e. The molecule has 0 bridgehead atoms. The molecule has 0 saturated carbocycles. The lowest BCUT2D eigenvalue weighted by atomic mass is 10.2. The summed E-state index contributed by atoms with van der Waals surface area (Å²) in [6.45, 7) is 2.08. The van der Waals surface area contributed by atoms with Gasteiger partial charge in [0, 0.05) is 25.7 Å². The SMILES string of the molecule is C[C@@H](O)CN(C)C(=O)NCc1ccccc1Oc1ccccc1F. The molecule has 0 saturated heterocycles. The van der Waals surface area contributed by atoms with Crippen LogP contribution in [0.1, 0.15) is 12.5 Å². The highest BCUT2D eigenvalue weighted by Crippen LogP contribution is 2.27. The summed E-state index contributed by atoms with van der Waals surface area (Å²) in [5, 5.41) is 12.1. The highest BCUT2D eigenvalue weighted by Gasteiger charge is 2.12. The molecule has 24 heavy (non-hydrogen) atoms. The smallest absolute Gasteiger partial charge is 0.317 e. The van der Waals surface area contributed by atoms with Gasteiger partial charge in [-0.2, -0.15) is 0 Å². The highest BCUT2D eigenvalue weighted by molar-refractivity contribution is 5.74. The molecule has 2 aromatic rings. The van der Waals surface area contributed by atoms with E-state index in [9.17, 15) is 14.3 Å². The van der Waals surface area contributed by atoms with Crippen molar-refractivity contribution in [3.63, 3.8) is 0 Å². The van der Waals surface area contributed by atoms with Gasteiger partial charge in [0.25, 0.3) is 0 Å². The van der Waals surface area contributed by atoms with E-state index in [1.807, 2.05) is 6.07 Å². The van der Waals surface area contributed by atoms with Crippen molar-refractivity contribution in [2.24, 2.45) is 0 Å². The van der Waals surface area contributed by atoms with Gasteiger partial charge in [0.1, 0.15) is 5.75 Å². The molecule has 0 fully saturated rings. The summed E-state index contributed by atoms with van der Waals surface area (Å²) >= 11 is 0. The van der Waals surface area contributed by atoms with E-state index in [2.05, 4.69) is 5.32 Å². The maximum Gasteiger partial charge on any atom is 0.317 e. The molecule has 0 radical (unpaired) electrons. The molecular weight excluding hydrogens is 311 g/mol. The number of rotatable bonds is 6. The Balaban J connectivity index is 2.04. The molecule has 0 aliphatic carbocycles. The van der Waals surface area contributed by atoms with Gasteiger partial charge in [-0.15, -0.1) is 0 Å². The molecule has 2 aromatic carbocycles. The number of aliphatic hydroxyl groups is 1. The van der Waals surface area contributed by atoms with E-state index < -0.39 is 11.9 Å². The second kappa shape index (κ2) is 8.31. The van der Waals surface area contributed by atoms with Crippen LogP contribution in [0.4, 0.5) is 9.18 Å². The van der Waals surface area contributed by atoms with Crippen LogP contribution in [0.5, 0.6) is 11.5 Å².